The van der Waals surface area contributed by atoms with Gasteiger partial charge in [-0.2, -0.15) is 9.47 Å². The molecule has 2 aliphatic rings. The van der Waals surface area contributed by atoms with Crippen LogP contribution in [0.4, 0.5) is 10.9 Å². The number of aromatic nitrogens is 5. The molecule has 2 fully saturated rings. The van der Waals surface area contributed by atoms with Crippen molar-refractivity contribution in [2.24, 2.45) is 7.05 Å². The van der Waals surface area contributed by atoms with Crippen molar-refractivity contribution in [3.05, 3.63) is 33.9 Å². The quantitative estimate of drug-likeness (QED) is 0.482. The molecule has 0 unspecified atom stereocenters. The molecule has 3 aromatic rings. The van der Waals surface area contributed by atoms with Crippen LogP contribution >= 0.6 is 27.5 Å². The number of hydrogen-bond donors (Lipinski definition) is 1. The van der Waals surface area contributed by atoms with Crippen LogP contribution in [-0.4, -0.2) is 36.5 Å². The predicted molar refractivity (Wildman–Crippen MR) is 123 cm³/mol. The van der Waals surface area contributed by atoms with Gasteiger partial charge in [0, 0.05) is 48.2 Å². The zero-order chi connectivity index (χ0) is 22.3. The lowest BCUT2D eigenvalue weighted by Crippen LogP contribution is -2.32. The molecule has 170 valence electrons. The number of aryl methyl sites for hydroxylation is 2. The van der Waals surface area contributed by atoms with E-state index in [0.29, 0.717) is 34.9 Å². The number of hydrogen-bond acceptors (Lipinski definition) is 9. The monoisotopic (exact) mass is 520 g/mol. The van der Waals surface area contributed by atoms with Gasteiger partial charge in [-0.15, -0.1) is 0 Å². The van der Waals surface area contributed by atoms with Crippen LogP contribution in [-0.2, 0) is 16.5 Å². The highest BCUT2D eigenvalue weighted by Gasteiger charge is 2.44. The summed E-state index contributed by atoms with van der Waals surface area (Å²) in [5.41, 5.74) is 1.74. The summed E-state index contributed by atoms with van der Waals surface area (Å²) in [7, 11) is 1.89. The fourth-order valence-corrected chi connectivity index (χ4v) is 5.08. The van der Waals surface area contributed by atoms with Crippen LogP contribution in [0.25, 0.3) is 0 Å². The topological polar surface area (TPSA) is 96.2 Å². The van der Waals surface area contributed by atoms with E-state index in [4.69, 9.17) is 14.2 Å². The van der Waals surface area contributed by atoms with Crippen molar-refractivity contribution in [1.82, 2.24) is 24.1 Å². The van der Waals surface area contributed by atoms with Gasteiger partial charge >= 0.3 is 0 Å². The molecule has 32 heavy (non-hydrogen) atoms. The number of nitrogens with zero attached hydrogens (tertiary/aromatic N) is 5. The molecule has 0 amide bonds. The summed E-state index contributed by atoms with van der Waals surface area (Å²) in [4.78, 5) is 9.13. The van der Waals surface area contributed by atoms with Gasteiger partial charge in [-0.3, -0.25) is 4.68 Å². The SMILES string of the molecule is Cc1nn(C)c(C)c1Oc1cc(Br)cnc1Nc1nc([C@H]2COC3(CCCCC3)O2)ns1. The number of pyridine rings is 1. The van der Waals surface area contributed by atoms with E-state index in [-0.39, 0.29) is 6.10 Å². The molecule has 1 saturated heterocycles. The summed E-state index contributed by atoms with van der Waals surface area (Å²) < 4.78 is 25.6. The van der Waals surface area contributed by atoms with Gasteiger partial charge in [-0.05, 0) is 42.6 Å². The Balaban J connectivity index is 1.33. The van der Waals surface area contributed by atoms with E-state index in [1.807, 2.05) is 27.0 Å². The van der Waals surface area contributed by atoms with Crippen molar-refractivity contribution in [3.8, 4) is 11.5 Å². The van der Waals surface area contributed by atoms with Gasteiger partial charge in [-0.1, -0.05) is 6.42 Å². The Hall–Kier alpha value is -2.08. The molecule has 1 aliphatic heterocycles. The second kappa shape index (κ2) is 8.69. The fourth-order valence-electron chi connectivity index (χ4n) is 4.16. The lowest BCUT2D eigenvalue weighted by atomic mass is 9.94. The highest BCUT2D eigenvalue weighted by molar-refractivity contribution is 9.10. The molecule has 3 aromatic heterocycles. The first-order chi connectivity index (χ1) is 15.4. The van der Waals surface area contributed by atoms with Gasteiger partial charge in [0.15, 0.2) is 28.9 Å². The maximum Gasteiger partial charge on any atom is 0.208 e. The maximum atomic E-state index is 6.26. The third kappa shape index (κ3) is 4.26. The Morgan fingerprint density at radius 3 is 2.84 bits per heavy atom. The highest BCUT2D eigenvalue weighted by Crippen LogP contribution is 2.42. The second-order valence-corrected chi connectivity index (χ2v) is 9.86. The Kier molecular flexibility index (Phi) is 5.91. The van der Waals surface area contributed by atoms with Crippen LogP contribution in [0.15, 0.2) is 16.7 Å². The van der Waals surface area contributed by atoms with E-state index in [2.05, 4.69) is 40.7 Å². The van der Waals surface area contributed by atoms with E-state index in [1.165, 1.54) is 18.0 Å². The Labute approximate surface area is 198 Å². The summed E-state index contributed by atoms with van der Waals surface area (Å²) in [6.45, 7) is 4.37. The summed E-state index contributed by atoms with van der Waals surface area (Å²) in [5.74, 6) is 2.01. The van der Waals surface area contributed by atoms with Crippen molar-refractivity contribution >= 4 is 38.4 Å². The van der Waals surface area contributed by atoms with Crippen LogP contribution < -0.4 is 10.1 Å². The van der Waals surface area contributed by atoms with Crippen LogP contribution in [0.5, 0.6) is 11.5 Å². The van der Waals surface area contributed by atoms with Crippen LogP contribution in [0.2, 0.25) is 0 Å². The van der Waals surface area contributed by atoms with Crippen molar-refractivity contribution in [2.75, 3.05) is 11.9 Å². The van der Waals surface area contributed by atoms with Crippen molar-refractivity contribution in [3.63, 3.8) is 0 Å². The van der Waals surface area contributed by atoms with E-state index in [1.54, 1.807) is 10.9 Å². The lowest BCUT2D eigenvalue weighted by molar-refractivity contribution is -0.188. The molecule has 0 bridgehead atoms. The summed E-state index contributed by atoms with van der Waals surface area (Å²) in [6.07, 6.45) is 6.86. The van der Waals surface area contributed by atoms with Gasteiger partial charge < -0.3 is 19.5 Å². The summed E-state index contributed by atoms with van der Waals surface area (Å²) in [5, 5.41) is 8.28. The van der Waals surface area contributed by atoms with Gasteiger partial charge in [0.25, 0.3) is 0 Å². The van der Waals surface area contributed by atoms with E-state index in [0.717, 1.165) is 41.5 Å². The molecule has 4 heterocycles. The molecule has 11 heteroatoms. The van der Waals surface area contributed by atoms with Crippen molar-refractivity contribution in [1.29, 1.82) is 0 Å². The van der Waals surface area contributed by atoms with Crippen molar-refractivity contribution in [2.45, 2.75) is 57.8 Å². The number of rotatable bonds is 5. The van der Waals surface area contributed by atoms with Crippen LogP contribution in [0.1, 0.15) is 55.4 Å². The molecular formula is C21H25BrN6O3S. The molecular weight excluding hydrogens is 496 g/mol. The first kappa shape index (κ1) is 21.7. The van der Waals surface area contributed by atoms with E-state index in [9.17, 15) is 0 Å². The largest absolute Gasteiger partial charge is 0.450 e. The molecule has 0 radical (unpaired) electrons. The van der Waals surface area contributed by atoms with Gasteiger partial charge in [0.05, 0.1) is 12.3 Å². The predicted octanol–water partition coefficient (Wildman–Crippen LogP) is 5.33. The zero-order valence-corrected chi connectivity index (χ0v) is 20.6. The summed E-state index contributed by atoms with van der Waals surface area (Å²) >= 11 is 4.74. The Morgan fingerprint density at radius 2 is 2.09 bits per heavy atom. The number of ether oxygens (including phenoxy) is 3. The average molecular weight is 521 g/mol. The number of anilines is 2. The molecule has 9 nitrogen and oxygen atoms in total. The zero-order valence-electron chi connectivity index (χ0n) is 18.2. The first-order valence-electron chi connectivity index (χ1n) is 10.7. The average Bonchev–Trinajstić information content (AvgIpc) is 3.46. The molecule has 1 saturated carbocycles. The smallest absolute Gasteiger partial charge is 0.208 e. The maximum absolute atomic E-state index is 6.26. The van der Waals surface area contributed by atoms with Crippen molar-refractivity contribution < 1.29 is 14.2 Å². The highest BCUT2D eigenvalue weighted by atomic mass is 79.9. The molecule has 1 spiro atoms. The standard InChI is InChI=1S/C21H25BrN6O3S/c1-12-17(13(2)28(3)26-12)30-15-9-14(22)10-23-18(15)24-20-25-19(27-32-20)16-11-29-21(31-16)7-5-4-6-8-21/h9-10,16H,4-8,11H2,1-3H3,(H,23,24,25,27)/t16-/m1/s1. The minimum Gasteiger partial charge on any atom is -0.450 e. The van der Waals surface area contributed by atoms with E-state index >= 15 is 0 Å². The van der Waals surface area contributed by atoms with Gasteiger partial charge in [-0.25, -0.2) is 9.97 Å². The molecule has 5 rings (SSSR count). The summed E-state index contributed by atoms with van der Waals surface area (Å²) in [6, 6.07) is 1.86. The molecule has 1 N–H and O–H groups in total. The third-order valence-corrected chi connectivity index (χ3v) is 6.98. The van der Waals surface area contributed by atoms with Crippen LogP contribution in [0.3, 0.4) is 0 Å². The fraction of sp³-hybridized carbons (Fsp3) is 0.524. The molecule has 0 aromatic carbocycles. The minimum absolute atomic E-state index is 0.241. The number of nitrogens with one attached hydrogen (secondary N) is 1. The molecule has 1 aliphatic carbocycles. The third-order valence-electron chi connectivity index (χ3n) is 5.90. The minimum atomic E-state index is -0.449. The van der Waals surface area contributed by atoms with Gasteiger partial charge in [0.1, 0.15) is 11.8 Å². The van der Waals surface area contributed by atoms with Crippen LogP contribution in [0, 0.1) is 13.8 Å². The van der Waals surface area contributed by atoms with E-state index < -0.39 is 5.79 Å². The Morgan fingerprint density at radius 1 is 1.28 bits per heavy atom. The number of halogens is 1. The lowest BCUT2D eigenvalue weighted by Gasteiger charge is -2.31. The normalized spacial score (nSPS) is 20.1. The van der Waals surface area contributed by atoms with Gasteiger partial charge in [0.2, 0.25) is 5.13 Å². The Bertz CT molecular complexity index is 1130. The molecule has 1 atom stereocenters. The first-order valence-corrected chi connectivity index (χ1v) is 12.3. The second-order valence-electron chi connectivity index (χ2n) is 8.20.